The van der Waals surface area contributed by atoms with E-state index in [9.17, 15) is 5.11 Å². The minimum Gasteiger partial charge on any atom is -0.396 e. The molecular formula is C20H23N5O2S. The molecule has 4 rings (SSSR count). The number of H-pyrrole nitrogens is 1. The van der Waals surface area contributed by atoms with Gasteiger partial charge in [-0.2, -0.15) is 5.10 Å². The van der Waals surface area contributed by atoms with E-state index >= 15 is 0 Å². The number of aromatic amines is 1. The highest BCUT2D eigenvalue weighted by Crippen LogP contribution is 2.44. The molecule has 1 aliphatic heterocycles. The summed E-state index contributed by atoms with van der Waals surface area (Å²) < 4.78 is 0. The molecule has 3 heterocycles. The van der Waals surface area contributed by atoms with Crippen LogP contribution in [0.2, 0.25) is 0 Å². The van der Waals surface area contributed by atoms with Crippen LogP contribution in [0.15, 0.2) is 23.2 Å². The van der Waals surface area contributed by atoms with Crippen LogP contribution in [0.4, 0.5) is 11.6 Å². The molecule has 0 spiro atoms. The van der Waals surface area contributed by atoms with Crippen molar-refractivity contribution in [1.82, 2.24) is 20.2 Å². The maximum atomic E-state index is 10.2. The Labute approximate surface area is 168 Å². The molecule has 8 heteroatoms. The van der Waals surface area contributed by atoms with E-state index in [-0.39, 0.29) is 11.9 Å². The van der Waals surface area contributed by atoms with Gasteiger partial charge in [0.15, 0.2) is 11.6 Å². The highest BCUT2D eigenvalue weighted by atomic mass is 32.2. The van der Waals surface area contributed by atoms with Crippen molar-refractivity contribution >= 4 is 23.4 Å². The number of hydrogen-bond acceptors (Lipinski definition) is 7. The monoisotopic (exact) mass is 397 g/mol. The third-order valence-corrected chi connectivity index (χ3v) is 6.29. The Morgan fingerprint density at radius 1 is 1.43 bits per heavy atom. The quantitative estimate of drug-likeness (QED) is 0.507. The number of aliphatic hydroxyl groups excluding tert-OH is 2. The summed E-state index contributed by atoms with van der Waals surface area (Å²) in [5.74, 6) is 5.14. The SMILES string of the molecule is C#Cc1cnc(C2CC=C(C(O)CCCO)S2)nc1Nc1cc(C2CC2)[nH]n1. The van der Waals surface area contributed by atoms with Crippen molar-refractivity contribution in [2.24, 2.45) is 0 Å². The Morgan fingerprint density at radius 2 is 2.29 bits per heavy atom. The third kappa shape index (κ3) is 4.22. The Kier molecular flexibility index (Phi) is 5.67. The van der Waals surface area contributed by atoms with Crippen LogP contribution >= 0.6 is 11.8 Å². The molecule has 1 saturated carbocycles. The number of anilines is 2. The average molecular weight is 398 g/mol. The zero-order chi connectivity index (χ0) is 19.5. The van der Waals surface area contributed by atoms with Crippen LogP contribution in [0.1, 0.15) is 60.4 Å². The average Bonchev–Trinajstić information content (AvgIpc) is 3.25. The summed E-state index contributed by atoms with van der Waals surface area (Å²) in [4.78, 5) is 10.0. The fourth-order valence-electron chi connectivity index (χ4n) is 3.16. The van der Waals surface area contributed by atoms with Gasteiger partial charge in [-0.15, -0.1) is 18.2 Å². The normalized spacial score (nSPS) is 19.9. The van der Waals surface area contributed by atoms with Crippen molar-refractivity contribution in [3.63, 3.8) is 0 Å². The maximum absolute atomic E-state index is 10.2. The second-order valence-corrected chi connectivity index (χ2v) is 8.35. The lowest BCUT2D eigenvalue weighted by atomic mass is 10.1. The molecule has 1 fully saturated rings. The highest BCUT2D eigenvalue weighted by molar-refractivity contribution is 8.03. The molecule has 146 valence electrons. The van der Waals surface area contributed by atoms with E-state index in [1.54, 1.807) is 18.0 Å². The van der Waals surface area contributed by atoms with E-state index in [0.717, 1.165) is 17.0 Å². The zero-order valence-electron chi connectivity index (χ0n) is 15.4. The number of hydrogen-bond donors (Lipinski definition) is 4. The van der Waals surface area contributed by atoms with Crippen molar-refractivity contribution < 1.29 is 10.2 Å². The minimum atomic E-state index is -0.547. The molecule has 0 radical (unpaired) electrons. The second-order valence-electron chi connectivity index (χ2n) is 7.07. The summed E-state index contributed by atoms with van der Waals surface area (Å²) in [7, 11) is 0. The van der Waals surface area contributed by atoms with Crippen molar-refractivity contribution in [2.45, 2.75) is 49.4 Å². The molecule has 1 aliphatic carbocycles. The number of thioether (sulfide) groups is 1. The number of nitrogens with zero attached hydrogens (tertiary/aromatic N) is 3. The van der Waals surface area contributed by atoms with Crippen LogP contribution in [0, 0.1) is 12.3 Å². The standard InChI is InChI=1S/C20H23N5O2S/c1-2-12-11-21-20(17-8-7-16(28-17)15(27)4-3-9-26)23-19(12)22-18-10-14(24-25-18)13-5-6-13/h1,7,10-11,13,15,17,26-27H,3-6,8-9H2,(H2,21,22,23,24,25). The summed E-state index contributed by atoms with van der Waals surface area (Å²) in [6.07, 6.45) is 13.0. The van der Waals surface area contributed by atoms with E-state index in [1.165, 1.54) is 12.8 Å². The van der Waals surface area contributed by atoms with Gasteiger partial charge in [-0.25, -0.2) is 9.97 Å². The van der Waals surface area contributed by atoms with E-state index in [0.29, 0.717) is 41.8 Å². The van der Waals surface area contributed by atoms with Crippen LogP contribution in [-0.4, -0.2) is 43.1 Å². The first kappa shape index (κ1) is 19.0. The fourth-order valence-corrected chi connectivity index (χ4v) is 4.37. The third-order valence-electron chi connectivity index (χ3n) is 4.89. The van der Waals surface area contributed by atoms with Crippen molar-refractivity contribution in [2.75, 3.05) is 11.9 Å². The summed E-state index contributed by atoms with van der Waals surface area (Å²) in [5.41, 5.74) is 1.72. The first-order chi connectivity index (χ1) is 13.7. The number of aliphatic hydroxyl groups is 2. The smallest absolute Gasteiger partial charge is 0.153 e. The van der Waals surface area contributed by atoms with Crippen LogP contribution in [-0.2, 0) is 0 Å². The van der Waals surface area contributed by atoms with Gasteiger partial charge in [-0.05, 0) is 32.1 Å². The summed E-state index contributed by atoms with van der Waals surface area (Å²) in [6.45, 7) is 0.0831. The van der Waals surface area contributed by atoms with Crippen LogP contribution in [0.3, 0.4) is 0 Å². The molecule has 2 aromatic heterocycles. The van der Waals surface area contributed by atoms with E-state index < -0.39 is 6.10 Å². The first-order valence-corrected chi connectivity index (χ1v) is 10.4. The topological polar surface area (TPSA) is 107 Å². The lowest BCUT2D eigenvalue weighted by molar-refractivity contribution is 0.187. The van der Waals surface area contributed by atoms with Gasteiger partial charge < -0.3 is 15.5 Å². The predicted octanol–water partition coefficient (Wildman–Crippen LogP) is 3.00. The zero-order valence-corrected chi connectivity index (χ0v) is 16.2. The molecular weight excluding hydrogens is 374 g/mol. The van der Waals surface area contributed by atoms with Crippen LogP contribution in [0.5, 0.6) is 0 Å². The predicted molar refractivity (Wildman–Crippen MR) is 109 cm³/mol. The summed E-state index contributed by atoms with van der Waals surface area (Å²) in [6, 6.07) is 2.00. The molecule has 2 aliphatic rings. The highest BCUT2D eigenvalue weighted by Gasteiger charge is 2.27. The molecule has 0 saturated heterocycles. The van der Waals surface area contributed by atoms with Gasteiger partial charge in [-0.3, -0.25) is 5.10 Å². The summed E-state index contributed by atoms with van der Waals surface area (Å²) >= 11 is 1.57. The number of nitrogens with one attached hydrogen (secondary N) is 2. The maximum Gasteiger partial charge on any atom is 0.153 e. The number of allylic oxidation sites excluding steroid dienone is 1. The van der Waals surface area contributed by atoms with E-state index in [1.807, 2.05) is 12.1 Å². The summed E-state index contributed by atoms with van der Waals surface area (Å²) in [5, 5.41) is 29.8. The largest absolute Gasteiger partial charge is 0.396 e. The van der Waals surface area contributed by atoms with Crippen LogP contribution < -0.4 is 5.32 Å². The molecule has 2 aromatic rings. The van der Waals surface area contributed by atoms with Crippen molar-refractivity contribution in [3.05, 3.63) is 40.3 Å². The first-order valence-electron chi connectivity index (χ1n) is 9.49. The van der Waals surface area contributed by atoms with Crippen LogP contribution in [0.25, 0.3) is 0 Å². The lowest BCUT2D eigenvalue weighted by Gasteiger charge is -2.14. The molecule has 2 atom stereocenters. The van der Waals surface area contributed by atoms with E-state index in [2.05, 4.69) is 31.4 Å². The fraction of sp³-hybridized carbons (Fsp3) is 0.450. The Bertz CT molecular complexity index is 916. The van der Waals surface area contributed by atoms with Gasteiger partial charge in [0.1, 0.15) is 5.82 Å². The lowest BCUT2D eigenvalue weighted by Crippen LogP contribution is -2.08. The molecule has 4 N–H and O–H groups in total. The van der Waals surface area contributed by atoms with Crippen molar-refractivity contribution in [1.29, 1.82) is 0 Å². The van der Waals surface area contributed by atoms with Gasteiger partial charge in [0.2, 0.25) is 0 Å². The van der Waals surface area contributed by atoms with Gasteiger partial charge in [0.05, 0.1) is 16.9 Å². The Hall–Kier alpha value is -2.34. The van der Waals surface area contributed by atoms with Gasteiger partial charge in [0, 0.05) is 35.4 Å². The molecule has 28 heavy (non-hydrogen) atoms. The number of aromatic nitrogens is 4. The van der Waals surface area contributed by atoms with Crippen molar-refractivity contribution in [3.8, 4) is 12.3 Å². The van der Waals surface area contributed by atoms with Gasteiger partial charge in [0.25, 0.3) is 0 Å². The molecule has 0 amide bonds. The van der Waals surface area contributed by atoms with Gasteiger partial charge in [-0.1, -0.05) is 12.0 Å². The molecule has 2 unspecified atom stereocenters. The molecule has 0 bridgehead atoms. The minimum absolute atomic E-state index is 0.0346. The van der Waals surface area contributed by atoms with E-state index in [4.69, 9.17) is 11.5 Å². The number of terminal acetylenes is 1. The second kappa shape index (κ2) is 8.35. The molecule has 0 aromatic carbocycles. The Morgan fingerprint density at radius 3 is 3.04 bits per heavy atom. The molecule has 7 nitrogen and oxygen atoms in total. The Balaban J connectivity index is 1.47. The number of rotatable bonds is 8. The van der Waals surface area contributed by atoms with Gasteiger partial charge >= 0.3 is 0 Å².